The van der Waals surface area contributed by atoms with Crippen LogP contribution in [0.1, 0.15) is 18.4 Å². The fourth-order valence-electron chi connectivity index (χ4n) is 8.09. The summed E-state index contributed by atoms with van der Waals surface area (Å²) in [6, 6.07) is 69.6. The molecule has 1 aliphatic rings. The normalized spacial score (nSPS) is 12.5. The zero-order chi connectivity index (χ0) is 37.3. The van der Waals surface area contributed by atoms with Crippen molar-refractivity contribution in [3.8, 4) is 44.5 Å². The van der Waals surface area contributed by atoms with Crippen LogP contribution < -0.4 is 4.90 Å². The lowest BCUT2D eigenvalue weighted by molar-refractivity contribution is 0.671. The van der Waals surface area contributed by atoms with E-state index < -0.39 is 0 Å². The van der Waals surface area contributed by atoms with E-state index in [0.29, 0.717) is 0 Å². The number of anilines is 3. The van der Waals surface area contributed by atoms with Crippen LogP contribution in [0, 0.1) is 0 Å². The van der Waals surface area contributed by atoms with Crippen LogP contribution in [0.2, 0.25) is 0 Å². The molecule has 0 spiro atoms. The first-order valence-electron chi connectivity index (χ1n) is 19.4. The van der Waals surface area contributed by atoms with Crippen LogP contribution in [0.3, 0.4) is 0 Å². The molecule has 0 unspecified atom stereocenters. The van der Waals surface area contributed by atoms with E-state index >= 15 is 0 Å². The molecule has 56 heavy (non-hydrogen) atoms. The van der Waals surface area contributed by atoms with Gasteiger partial charge in [0.1, 0.15) is 11.2 Å². The second-order valence-electron chi connectivity index (χ2n) is 14.4. The Labute approximate surface area is 327 Å². The van der Waals surface area contributed by atoms with Crippen molar-refractivity contribution in [1.82, 2.24) is 0 Å². The van der Waals surface area contributed by atoms with E-state index in [0.717, 1.165) is 74.1 Å². The maximum atomic E-state index is 6.70. The molecule has 2 nitrogen and oxygen atoms in total. The first-order valence-corrected chi connectivity index (χ1v) is 19.4. The van der Waals surface area contributed by atoms with Gasteiger partial charge in [-0.15, -0.1) is 0 Å². The fourth-order valence-corrected chi connectivity index (χ4v) is 8.09. The van der Waals surface area contributed by atoms with Crippen molar-refractivity contribution in [1.29, 1.82) is 0 Å². The molecule has 0 aliphatic heterocycles. The summed E-state index contributed by atoms with van der Waals surface area (Å²) in [5, 5.41) is 2.27. The third-order valence-electron chi connectivity index (χ3n) is 11.0. The molecule has 8 aromatic carbocycles. The summed E-state index contributed by atoms with van der Waals surface area (Å²) in [5.41, 5.74) is 17.1. The number of fused-ring (bicyclic) bond motifs is 3. The van der Waals surface area contributed by atoms with Crippen LogP contribution >= 0.6 is 0 Å². The molecule has 1 heterocycles. The van der Waals surface area contributed by atoms with Gasteiger partial charge in [0.2, 0.25) is 0 Å². The highest BCUT2D eigenvalue weighted by Crippen LogP contribution is 2.41. The molecule has 1 aliphatic carbocycles. The van der Waals surface area contributed by atoms with Gasteiger partial charge < -0.3 is 9.32 Å². The maximum absolute atomic E-state index is 6.70. The summed E-state index contributed by atoms with van der Waals surface area (Å²) in [6.07, 6.45) is 8.82. The molecule has 0 radical (unpaired) electrons. The number of hydrogen-bond donors (Lipinski definition) is 0. The van der Waals surface area contributed by atoms with Gasteiger partial charge in [0, 0.05) is 39.0 Å². The molecule has 0 amide bonds. The van der Waals surface area contributed by atoms with E-state index in [1.165, 1.54) is 33.4 Å². The molecule has 2 heteroatoms. The van der Waals surface area contributed by atoms with Crippen molar-refractivity contribution in [3.63, 3.8) is 0 Å². The van der Waals surface area contributed by atoms with Gasteiger partial charge in [-0.05, 0) is 93.8 Å². The molecule has 0 saturated carbocycles. The second-order valence-corrected chi connectivity index (χ2v) is 14.4. The zero-order valence-corrected chi connectivity index (χ0v) is 31.0. The molecule has 0 bridgehead atoms. The van der Waals surface area contributed by atoms with Gasteiger partial charge in [0.25, 0.3) is 0 Å². The van der Waals surface area contributed by atoms with Gasteiger partial charge in [-0.1, -0.05) is 176 Å². The monoisotopic (exact) mass is 717 g/mol. The number of para-hydroxylation sites is 2. The first kappa shape index (κ1) is 33.4. The highest BCUT2D eigenvalue weighted by Gasteiger charge is 2.17. The lowest BCUT2D eigenvalue weighted by Gasteiger charge is -2.26. The second kappa shape index (κ2) is 14.6. The minimum atomic E-state index is 0.917. The summed E-state index contributed by atoms with van der Waals surface area (Å²) in [7, 11) is 0. The Hall–Kier alpha value is -7.16. The van der Waals surface area contributed by atoms with Crippen LogP contribution in [-0.2, 0) is 0 Å². The molecule has 0 fully saturated rings. The predicted molar refractivity (Wildman–Crippen MR) is 236 cm³/mol. The Morgan fingerprint density at radius 2 is 0.768 bits per heavy atom. The standard InChI is InChI=1S/C54H39NO/c1-4-12-38(13-5-1)41-26-32-46(33-27-41)55(47-34-28-42(29-35-47)39-14-6-2-7-15-39)48-36-30-43(31-37-48)40-22-24-45(25-23-40)50-19-11-21-52-51-20-10-18-49(53(51)56-54(50)52)44-16-8-3-9-17-44/h1-6,8-14,16-37H,7,15H2. The zero-order valence-electron chi connectivity index (χ0n) is 31.0. The minimum absolute atomic E-state index is 0.917. The molecular weight excluding hydrogens is 679 g/mol. The smallest absolute Gasteiger partial charge is 0.143 e. The van der Waals surface area contributed by atoms with Gasteiger partial charge in [0.15, 0.2) is 0 Å². The molecule has 9 aromatic rings. The highest BCUT2D eigenvalue weighted by atomic mass is 16.3. The Bertz CT molecular complexity index is 2850. The summed E-state index contributed by atoms with van der Waals surface area (Å²) < 4.78 is 6.70. The van der Waals surface area contributed by atoms with Crippen LogP contribution in [-0.4, -0.2) is 0 Å². The minimum Gasteiger partial charge on any atom is -0.455 e. The maximum Gasteiger partial charge on any atom is 0.143 e. The molecule has 0 saturated heterocycles. The molecule has 0 N–H and O–H groups in total. The number of rotatable bonds is 8. The predicted octanol–water partition coefficient (Wildman–Crippen LogP) is 15.5. The van der Waals surface area contributed by atoms with E-state index in [1.54, 1.807) is 0 Å². The van der Waals surface area contributed by atoms with Crippen molar-refractivity contribution >= 4 is 44.6 Å². The SMILES string of the molecule is C1=CCCC(c2ccc(N(c3ccc(-c4ccccc4)cc3)c3ccc(-c4ccc(-c5cccc6c5oc5c(-c7ccccc7)cccc56)cc4)cc3)cc2)=C1. The van der Waals surface area contributed by atoms with Gasteiger partial charge in [-0.2, -0.15) is 0 Å². The van der Waals surface area contributed by atoms with Gasteiger partial charge >= 0.3 is 0 Å². The quantitative estimate of drug-likeness (QED) is 0.156. The largest absolute Gasteiger partial charge is 0.455 e. The van der Waals surface area contributed by atoms with Crippen LogP contribution in [0.15, 0.2) is 217 Å². The van der Waals surface area contributed by atoms with E-state index in [4.69, 9.17) is 4.42 Å². The molecule has 10 rings (SSSR count). The fraction of sp³-hybridized carbons (Fsp3) is 0.0370. The van der Waals surface area contributed by atoms with E-state index in [9.17, 15) is 0 Å². The van der Waals surface area contributed by atoms with Gasteiger partial charge in [0.05, 0.1) is 0 Å². The van der Waals surface area contributed by atoms with Crippen molar-refractivity contribution in [2.45, 2.75) is 12.8 Å². The molecular formula is C54H39NO. The number of nitrogens with zero attached hydrogens (tertiary/aromatic N) is 1. The topological polar surface area (TPSA) is 16.4 Å². The van der Waals surface area contributed by atoms with E-state index in [2.05, 4.69) is 211 Å². The van der Waals surface area contributed by atoms with Crippen molar-refractivity contribution in [2.24, 2.45) is 0 Å². The number of hydrogen-bond acceptors (Lipinski definition) is 2. The van der Waals surface area contributed by atoms with E-state index in [1.807, 2.05) is 6.07 Å². The lowest BCUT2D eigenvalue weighted by Crippen LogP contribution is -2.10. The molecule has 266 valence electrons. The van der Waals surface area contributed by atoms with Crippen LogP contribution in [0.25, 0.3) is 72.0 Å². The van der Waals surface area contributed by atoms with Crippen molar-refractivity contribution in [2.75, 3.05) is 4.90 Å². The molecule has 1 aromatic heterocycles. The Morgan fingerprint density at radius 1 is 0.357 bits per heavy atom. The van der Waals surface area contributed by atoms with Crippen molar-refractivity contribution < 1.29 is 4.42 Å². The Kier molecular flexibility index (Phi) is 8.70. The molecule has 0 atom stereocenters. The Balaban J connectivity index is 0.965. The van der Waals surface area contributed by atoms with Crippen LogP contribution in [0.5, 0.6) is 0 Å². The van der Waals surface area contributed by atoms with Crippen molar-refractivity contribution in [3.05, 3.63) is 218 Å². The number of furan rings is 1. The van der Waals surface area contributed by atoms with E-state index in [-0.39, 0.29) is 0 Å². The summed E-state index contributed by atoms with van der Waals surface area (Å²) in [5.74, 6) is 0. The first-order chi connectivity index (χ1) is 27.8. The number of allylic oxidation sites excluding steroid dienone is 4. The van der Waals surface area contributed by atoms with Gasteiger partial charge in [-0.25, -0.2) is 0 Å². The Morgan fingerprint density at radius 3 is 1.25 bits per heavy atom. The lowest BCUT2D eigenvalue weighted by atomic mass is 9.97. The van der Waals surface area contributed by atoms with Crippen LogP contribution in [0.4, 0.5) is 17.1 Å². The third-order valence-corrected chi connectivity index (χ3v) is 11.0. The summed E-state index contributed by atoms with van der Waals surface area (Å²) >= 11 is 0. The highest BCUT2D eigenvalue weighted by molar-refractivity contribution is 6.13. The summed E-state index contributed by atoms with van der Waals surface area (Å²) in [6.45, 7) is 0. The average molecular weight is 718 g/mol. The van der Waals surface area contributed by atoms with Gasteiger partial charge in [-0.3, -0.25) is 0 Å². The third kappa shape index (κ3) is 6.32. The number of benzene rings is 8. The average Bonchev–Trinajstić information content (AvgIpc) is 3.68. The summed E-state index contributed by atoms with van der Waals surface area (Å²) in [4.78, 5) is 2.35.